The van der Waals surface area contributed by atoms with Gasteiger partial charge < -0.3 is 15.0 Å². The molecule has 2 rings (SSSR count). The number of rotatable bonds is 6. The molecule has 1 aromatic heterocycles. The second kappa shape index (κ2) is 6.85. The first kappa shape index (κ1) is 15.7. The van der Waals surface area contributed by atoms with Gasteiger partial charge in [-0.3, -0.25) is 0 Å². The zero-order valence-corrected chi connectivity index (χ0v) is 13.1. The van der Waals surface area contributed by atoms with Crippen molar-refractivity contribution in [3.8, 4) is 0 Å². The van der Waals surface area contributed by atoms with Crippen LogP contribution in [0, 0.1) is 5.41 Å². The Balaban J connectivity index is 1.96. The van der Waals surface area contributed by atoms with E-state index in [9.17, 15) is 4.79 Å². The van der Waals surface area contributed by atoms with Crippen LogP contribution < -0.4 is 5.32 Å². The van der Waals surface area contributed by atoms with Gasteiger partial charge >= 0.3 is 5.97 Å². The van der Waals surface area contributed by atoms with E-state index >= 15 is 0 Å². The fourth-order valence-electron chi connectivity index (χ4n) is 3.10. The molecule has 0 radical (unpaired) electrons. The molecule has 1 aliphatic carbocycles. The van der Waals surface area contributed by atoms with E-state index in [-0.39, 0.29) is 5.69 Å². The molecule has 0 bridgehead atoms. The van der Waals surface area contributed by atoms with E-state index in [0.717, 1.165) is 13.1 Å². The van der Waals surface area contributed by atoms with Crippen LogP contribution in [-0.4, -0.2) is 55.4 Å². The highest BCUT2D eigenvalue weighted by Gasteiger charge is 2.34. The first-order chi connectivity index (χ1) is 10.0. The Morgan fingerprint density at radius 3 is 2.57 bits per heavy atom. The highest BCUT2D eigenvalue weighted by atomic mass is 16.5. The van der Waals surface area contributed by atoms with Crippen molar-refractivity contribution in [3.63, 3.8) is 0 Å². The number of esters is 1. The lowest BCUT2D eigenvalue weighted by Gasteiger charge is -2.32. The maximum Gasteiger partial charge on any atom is 0.358 e. The van der Waals surface area contributed by atoms with Crippen LogP contribution in [0.2, 0.25) is 0 Å². The maximum atomic E-state index is 11.3. The van der Waals surface area contributed by atoms with Crippen LogP contribution in [0.1, 0.15) is 36.2 Å². The number of carbonyl (C=O) groups is 1. The zero-order valence-electron chi connectivity index (χ0n) is 13.1. The third kappa shape index (κ3) is 4.14. The van der Waals surface area contributed by atoms with E-state index in [0.29, 0.717) is 11.2 Å². The minimum atomic E-state index is -0.464. The van der Waals surface area contributed by atoms with Crippen LogP contribution >= 0.6 is 0 Å². The van der Waals surface area contributed by atoms with Crippen molar-refractivity contribution < 1.29 is 9.53 Å². The van der Waals surface area contributed by atoms with E-state index in [1.807, 2.05) is 0 Å². The summed E-state index contributed by atoms with van der Waals surface area (Å²) in [4.78, 5) is 13.6. The second-order valence-electron chi connectivity index (χ2n) is 6.09. The van der Waals surface area contributed by atoms with Crippen LogP contribution in [0.25, 0.3) is 0 Å². The molecule has 0 aromatic carbocycles. The topological polar surface area (TPSA) is 67.3 Å². The van der Waals surface area contributed by atoms with Crippen LogP contribution in [0.4, 0.5) is 5.82 Å². The molecule has 1 N–H and O–H groups in total. The highest BCUT2D eigenvalue weighted by molar-refractivity contribution is 5.86. The average molecular weight is 292 g/mol. The number of aromatic nitrogens is 2. The van der Waals surface area contributed by atoms with Crippen molar-refractivity contribution in [2.45, 2.75) is 25.7 Å². The molecule has 0 spiro atoms. The Labute approximate surface area is 125 Å². The van der Waals surface area contributed by atoms with Gasteiger partial charge in [-0.15, -0.1) is 10.2 Å². The van der Waals surface area contributed by atoms with Gasteiger partial charge in [-0.05, 0) is 39.1 Å². The summed E-state index contributed by atoms with van der Waals surface area (Å²) in [5.41, 5.74) is 0.540. The molecule has 1 heterocycles. The van der Waals surface area contributed by atoms with Crippen LogP contribution in [0.3, 0.4) is 0 Å². The molecule has 1 aromatic rings. The number of hydrogen-bond donors (Lipinski definition) is 1. The molecule has 6 heteroatoms. The zero-order chi connectivity index (χ0) is 15.3. The summed E-state index contributed by atoms with van der Waals surface area (Å²) in [6.07, 6.45) is 5.07. The summed E-state index contributed by atoms with van der Waals surface area (Å²) >= 11 is 0. The predicted molar refractivity (Wildman–Crippen MR) is 81.3 cm³/mol. The molecular weight excluding hydrogens is 268 g/mol. The Hall–Kier alpha value is -1.69. The van der Waals surface area contributed by atoms with Crippen molar-refractivity contribution in [1.29, 1.82) is 0 Å². The maximum absolute atomic E-state index is 11.3. The normalized spacial score (nSPS) is 17.0. The summed E-state index contributed by atoms with van der Waals surface area (Å²) in [5.74, 6) is 0.238. The number of nitrogens with zero attached hydrogens (tertiary/aromatic N) is 3. The molecule has 1 aliphatic rings. The number of nitrogens with one attached hydrogen (secondary N) is 1. The predicted octanol–water partition coefficient (Wildman–Crippen LogP) is 1.80. The SMILES string of the molecule is COC(=O)c1ccc(NCC2(CN(C)C)CCCC2)nn1. The first-order valence-corrected chi connectivity index (χ1v) is 7.35. The van der Waals surface area contributed by atoms with Gasteiger partial charge in [0.15, 0.2) is 5.69 Å². The van der Waals surface area contributed by atoms with Crippen LogP contribution in [0.5, 0.6) is 0 Å². The molecule has 0 saturated heterocycles. The standard InChI is InChI=1S/C15H24N4O2/c1-19(2)11-15(8-4-5-9-15)10-16-13-7-6-12(17-18-13)14(20)21-3/h6-7H,4-5,8-11H2,1-3H3,(H,16,18). The Bertz CT molecular complexity index is 467. The molecule has 1 fully saturated rings. The summed E-state index contributed by atoms with van der Waals surface area (Å²) in [7, 11) is 5.57. The van der Waals surface area contributed by atoms with Crippen molar-refractivity contribution in [3.05, 3.63) is 17.8 Å². The van der Waals surface area contributed by atoms with Crippen LogP contribution in [-0.2, 0) is 4.74 Å². The molecule has 0 atom stereocenters. The molecular formula is C15H24N4O2. The number of ether oxygens (including phenoxy) is 1. The lowest BCUT2D eigenvalue weighted by molar-refractivity contribution is 0.0592. The quantitative estimate of drug-likeness (QED) is 0.806. The van der Waals surface area contributed by atoms with Gasteiger partial charge in [-0.1, -0.05) is 12.8 Å². The molecule has 6 nitrogen and oxygen atoms in total. The van der Waals surface area contributed by atoms with Gasteiger partial charge in [0, 0.05) is 18.5 Å². The van der Waals surface area contributed by atoms with Crippen molar-refractivity contribution in [2.24, 2.45) is 5.41 Å². The van der Waals surface area contributed by atoms with Gasteiger partial charge in [-0.25, -0.2) is 4.79 Å². The third-order valence-corrected chi connectivity index (χ3v) is 4.02. The number of anilines is 1. The van der Waals surface area contributed by atoms with Crippen molar-refractivity contribution in [1.82, 2.24) is 15.1 Å². The van der Waals surface area contributed by atoms with Gasteiger partial charge in [0.05, 0.1) is 7.11 Å². The van der Waals surface area contributed by atoms with Crippen molar-refractivity contribution >= 4 is 11.8 Å². The van der Waals surface area contributed by atoms with E-state index in [4.69, 9.17) is 0 Å². The van der Waals surface area contributed by atoms with Gasteiger partial charge in [0.25, 0.3) is 0 Å². The smallest absolute Gasteiger partial charge is 0.358 e. The molecule has 0 unspecified atom stereocenters. The van der Waals surface area contributed by atoms with E-state index < -0.39 is 5.97 Å². The molecule has 21 heavy (non-hydrogen) atoms. The summed E-state index contributed by atoms with van der Waals surface area (Å²) < 4.78 is 4.61. The minimum Gasteiger partial charge on any atom is -0.464 e. The van der Waals surface area contributed by atoms with Crippen molar-refractivity contribution in [2.75, 3.05) is 39.6 Å². The van der Waals surface area contributed by atoms with Gasteiger partial charge in [-0.2, -0.15) is 0 Å². The lowest BCUT2D eigenvalue weighted by atomic mass is 9.85. The molecule has 116 valence electrons. The first-order valence-electron chi connectivity index (χ1n) is 7.35. The Kier molecular flexibility index (Phi) is 5.12. The summed E-state index contributed by atoms with van der Waals surface area (Å²) in [6.45, 7) is 1.96. The van der Waals surface area contributed by atoms with Crippen LogP contribution in [0.15, 0.2) is 12.1 Å². The number of methoxy groups -OCH3 is 1. The number of hydrogen-bond acceptors (Lipinski definition) is 6. The fourth-order valence-corrected chi connectivity index (χ4v) is 3.10. The average Bonchev–Trinajstić information content (AvgIpc) is 2.93. The molecule has 0 amide bonds. The second-order valence-corrected chi connectivity index (χ2v) is 6.09. The summed E-state index contributed by atoms with van der Waals surface area (Å²) in [6, 6.07) is 3.41. The molecule has 1 saturated carbocycles. The van der Waals surface area contributed by atoms with E-state index in [1.54, 1.807) is 12.1 Å². The Morgan fingerprint density at radius 1 is 1.33 bits per heavy atom. The van der Waals surface area contributed by atoms with E-state index in [1.165, 1.54) is 32.8 Å². The van der Waals surface area contributed by atoms with Gasteiger partial charge in [0.2, 0.25) is 0 Å². The number of carbonyl (C=O) groups excluding carboxylic acids is 1. The lowest BCUT2D eigenvalue weighted by Crippen LogP contribution is -2.37. The van der Waals surface area contributed by atoms with Gasteiger partial charge in [0.1, 0.15) is 5.82 Å². The molecule has 0 aliphatic heterocycles. The monoisotopic (exact) mass is 292 g/mol. The third-order valence-electron chi connectivity index (χ3n) is 4.02. The summed E-state index contributed by atoms with van der Waals surface area (Å²) in [5, 5.41) is 11.3. The fraction of sp³-hybridized carbons (Fsp3) is 0.667. The minimum absolute atomic E-state index is 0.229. The largest absolute Gasteiger partial charge is 0.464 e. The Morgan fingerprint density at radius 2 is 2.05 bits per heavy atom. The van der Waals surface area contributed by atoms with E-state index in [2.05, 4.69) is 39.2 Å². The highest BCUT2D eigenvalue weighted by Crippen LogP contribution is 2.38.